The predicted molar refractivity (Wildman–Crippen MR) is 123 cm³/mol. The van der Waals surface area contributed by atoms with Crippen LogP contribution in [0.4, 0.5) is 5.69 Å². The fourth-order valence-electron chi connectivity index (χ4n) is 4.51. The van der Waals surface area contributed by atoms with Gasteiger partial charge in [0.25, 0.3) is 0 Å². The third-order valence-electron chi connectivity index (χ3n) is 6.00. The van der Waals surface area contributed by atoms with E-state index in [1.165, 1.54) is 11.3 Å². The molecule has 2 aliphatic rings. The molecule has 6 heteroatoms. The van der Waals surface area contributed by atoms with E-state index in [1.807, 2.05) is 18.3 Å². The highest BCUT2D eigenvalue weighted by atomic mass is 32.1. The standard InChI is InChI=1S/C24H26N4OS/c1-17-9-11-18(12-10-17)28-23(22(26-24(28)30)20-7-2-3-13-25-20)21-8-4-14-27(21)16-19-6-5-15-29-19/h2-4,7-14,19,22-23H,5-6,15-16H2,1H3,(H,26,30)/t19-,22-,23-/m1/s1. The van der Waals surface area contributed by atoms with E-state index in [2.05, 4.69) is 75.4 Å². The van der Waals surface area contributed by atoms with Gasteiger partial charge in [0, 0.05) is 36.9 Å². The smallest absolute Gasteiger partial charge is 0.174 e. The molecule has 0 unspecified atom stereocenters. The minimum Gasteiger partial charge on any atom is -0.376 e. The van der Waals surface area contributed by atoms with Crippen LogP contribution in [0.3, 0.4) is 0 Å². The molecule has 4 heterocycles. The van der Waals surface area contributed by atoms with Crippen LogP contribution in [0.2, 0.25) is 0 Å². The molecule has 0 aliphatic carbocycles. The quantitative estimate of drug-likeness (QED) is 0.616. The second-order valence-corrected chi connectivity index (χ2v) is 8.44. The second kappa shape index (κ2) is 8.20. The van der Waals surface area contributed by atoms with Crippen LogP contribution >= 0.6 is 12.2 Å². The minimum atomic E-state index is -0.0295. The third-order valence-corrected chi connectivity index (χ3v) is 6.32. The van der Waals surface area contributed by atoms with Crippen molar-refractivity contribution in [2.75, 3.05) is 11.5 Å². The average Bonchev–Trinajstić information content (AvgIpc) is 3.50. The van der Waals surface area contributed by atoms with Crippen molar-refractivity contribution in [2.45, 2.75) is 44.5 Å². The van der Waals surface area contributed by atoms with E-state index in [9.17, 15) is 0 Å². The van der Waals surface area contributed by atoms with E-state index < -0.39 is 0 Å². The molecule has 5 nitrogen and oxygen atoms in total. The Labute approximate surface area is 182 Å². The minimum absolute atomic E-state index is 0.00603. The fourth-order valence-corrected chi connectivity index (χ4v) is 4.85. The van der Waals surface area contributed by atoms with Crippen LogP contribution in [0.15, 0.2) is 67.0 Å². The summed E-state index contributed by atoms with van der Waals surface area (Å²) in [5, 5.41) is 4.27. The van der Waals surface area contributed by atoms with Gasteiger partial charge in [0.1, 0.15) is 6.04 Å². The van der Waals surface area contributed by atoms with Gasteiger partial charge < -0.3 is 19.5 Å². The van der Waals surface area contributed by atoms with Gasteiger partial charge in [-0.25, -0.2) is 0 Å². The van der Waals surface area contributed by atoms with E-state index in [0.717, 1.165) is 42.5 Å². The number of anilines is 1. The van der Waals surface area contributed by atoms with Gasteiger partial charge in [-0.15, -0.1) is 0 Å². The van der Waals surface area contributed by atoms with Crippen LogP contribution in [0.25, 0.3) is 0 Å². The zero-order valence-electron chi connectivity index (χ0n) is 17.1. The lowest BCUT2D eigenvalue weighted by Crippen LogP contribution is -2.31. The summed E-state index contributed by atoms with van der Waals surface area (Å²) < 4.78 is 8.24. The van der Waals surface area contributed by atoms with Gasteiger partial charge in [-0.05, 0) is 68.4 Å². The summed E-state index contributed by atoms with van der Waals surface area (Å²) in [5.41, 5.74) is 4.53. The van der Waals surface area contributed by atoms with Crippen molar-refractivity contribution >= 4 is 23.0 Å². The van der Waals surface area contributed by atoms with Gasteiger partial charge >= 0.3 is 0 Å². The monoisotopic (exact) mass is 418 g/mol. The van der Waals surface area contributed by atoms with Crippen LogP contribution in [-0.4, -0.2) is 27.4 Å². The highest BCUT2D eigenvalue weighted by molar-refractivity contribution is 7.80. The molecule has 30 heavy (non-hydrogen) atoms. The summed E-state index contributed by atoms with van der Waals surface area (Å²) in [7, 11) is 0. The molecule has 0 saturated carbocycles. The number of aryl methyl sites for hydroxylation is 1. The number of hydrogen-bond donors (Lipinski definition) is 1. The fraction of sp³-hybridized carbons (Fsp3) is 0.333. The number of aromatic nitrogens is 2. The topological polar surface area (TPSA) is 42.3 Å². The number of rotatable bonds is 5. The summed E-state index contributed by atoms with van der Waals surface area (Å²) in [6.07, 6.45) is 6.53. The van der Waals surface area contributed by atoms with Crippen LogP contribution in [0.1, 0.15) is 41.9 Å². The van der Waals surface area contributed by atoms with Gasteiger partial charge in [-0.1, -0.05) is 23.8 Å². The molecule has 2 aromatic heterocycles. The molecular weight excluding hydrogens is 392 g/mol. The van der Waals surface area contributed by atoms with E-state index in [-0.39, 0.29) is 18.2 Å². The SMILES string of the molecule is Cc1ccc(N2C(=S)N[C@H](c3ccccn3)[C@H]2c2cccn2C[C@H]2CCCO2)cc1. The number of nitrogens with zero attached hydrogens (tertiary/aromatic N) is 3. The first-order valence-electron chi connectivity index (χ1n) is 10.5. The Hall–Kier alpha value is -2.70. The Morgan fingerprint density at radius 2 is 2.00 bits per heavy atom. The molecule has 5 rings (SSSR count). The average molecular weight is 419 g/mol. The maximum absolute atomic E-state index is 5.91. The highest BCUT2D eigenvalue weighted by Gasteiger charge is 2.42. The molecule has 0 amide bonds. The molecule has 1 aromatic carbocycles. The zero-order valence-corrected chi connectivity index (χ0v) is 17.9. The summed E-state index contributed by atoms with van der Waals surface area (Å²) in [5.74, 6) is 0. The first-order valence-corrected chi connectivity index (χ1v) is 11.0. The van der Waals surface area contributed by atoms with Gasteiger partial charge in [0.05, 0.1) is 17.8 Å². The van der Waals surface area contributed by atoms with Crippen molar-refractivity contribution in [1.82, 2.24) is 14.9 Å². The molecular formula is C24H26N4OS. The van der Waals surface area contributed by atoms with Crippen LogP contribution in [-0.2, 0) is 11.3 Å². The second-order valence-electron chi connectivity index (χ2n) is 8.05. The van der Waals surface area contributed by atoms with Crippen molar-refractivity contribution in [2.24, 2.45) is 0 Å². The van der Waals surface area contributed by atoms with Gasteiger partial charge in [0.2, 0.25) is 0 Å². The molecule has 0 bridgehead atoms. The zero-order chi connectivity index (χ0) is 20.5. The first kappa shape index (κ1) is 19.3. The lowest BCUT2D eigenvalue weighted by molar-refractivity contribution is 0.0961. The Kier molecular flexibility index (Phi) is 5.27. The molecule has 3 aromatic rings. The van der Waals surface area contributed by atoms with Crippen molar-refractivity contribution in [3.05, 3.63) is 83.9 Å². The lowest BCUT2D eigenvalue weighted by Gasteiger charge is -2.29. The lowest BCUT2D eigenvalue weighted by atomic mass is 10.0. The maximum atomic E-state index is 5.91. The molecule has 1 N–H and O–H groups in total. The molecule has 3 atom stereocenters. The summed E-state index contributed by atoms with van der Waals surface area (Å²) >= 11 is 5.82. The van der Waals surface area contributed by atoms with Crippen LogP contribution < -0.4 is 10.2 Å². The maximum Gasteiger partial charge on any atom is 0.174 e. The molecule has 2 fully saturated rings. The van der Waals surface area contributed by atoms with Gasteiger partial charge in [-0.2, -0.15) is 0 Å². The number of benzene rings is 1. The van der Waals surface area contributed by atoms with Gasteiger partial charge in [0.15, 0.2) is 5.11 Å². The largest absolute Gasteiger partial charge is 0.376 e. The van der Waals surface area contributed by atoms with Crippen molar-refractivity contribution in [3.8, 4) is 0 Å². The molecule has 0 spiro atoms. The number of pyridine rings is 1. The van der Waals surface area contributed by atoms with E-state index in [4.69, 9.17) is 17.0 Å². The van der Waals surface area contributed by atoms with Crippen molar-refractivity contribution in [1.29, 1.82) is 0 Å². The van der Waals surface area contributed by atoms with Crippen LogP contribution in [0, 0.1) is 6.92 Å². The summed E-state index contributed by atoms with van der Waals surface area (Å²) in [6.45, 7) is 3.83. The number of nitrogens with one attached hydrogen (secondary N) is 1. The number of ether oxygens (including phenoxy) is 1. The molecule has 2 aliphatic heterocycles. The Morgan fingerprint density at radius 3 is 2.73 bits per heavy atom. The van der Waals surface area contributed by atoms with Crippen molar-refractivity contribution in [3.63, 3.8) is 0 Å². The Balaban J connectivity index is 1.57. The Morgan fingerprint density at radius 1 is 1.13 bits per heavy atom. The van der Waals surface area contributed by atoms with Crippen molar-refractivity contribution < 1.29 is 4.74 Å². The van der Waals surface area contributed by atoms with E-state index in [0.29, 0.717) is 0 Å². The molecule has 2 saturated heterocycles. The van der Waals surface area contributed by atoms with E-state index >= 15 is 0 Å². The third kappa shape index (κ3) is 3.61. The number of thiocarbonyl (C=S) groups is 1. The molecule has 154 valence electrons. The predicted octanol–water partition coefficient (Wildman–Crippen LogP) is 4.55. The normalized spacial score (nSPS) is 23.7. The molecule has 0 radical (unpaired) electrons. The number of hydrogen-bond acceptors (Lipinski definition) is 3. The Bertz CT molecular complexity index is 1010. The van der Waals surface area contributed by atoms with E-state index in [1.54, 1.807) is 0 Å². The summed E-state index contributed by atoms with van der Waals surface area (Å²) in [4.78, 5) is 6.88. The first-order chi connectivity index (χ1) is 14.7. The van der Waals surface area contributed by atoms with Crippen LogP contribution in [0.5, 0.6) is 0 Å². The highest BCUT2D eigenvalue weighted by Crippen LogP contribution is 2.41. The van der Waals surface area contributed by atoms with Gasteiger partial charge in [-0.3, -0.25) is 4.98 Å². The summed E-state index contributed by atoms with van der Waals surface area (Å²) in [6, 6.07) is 18.9.